The summed E-state index contributed by atoms with van der Waals surface area (Å²) in [4.78, 5) is 15.3. The van der Waals surface area contributed by atoms with Gasteiger partial charge in [0, 0.05) is 19.1 Å². The molecule has 0 aliphatic carbocycles. The summed E-state index contributed by atoms with van der Waals surface area (Å²) < 4.78 is 13.6. The predicted octanol–water partition coefficient (Wildman–Crippen LogP) is 2.17. The molecule has 1 atom stereocenters. The molecule has 0 spiro atoms. The smallest absolute Gasteiger partial charge is 0.155 e. The molecule has 0 aromatic heterocycles. The van der Waals surface area contributed by atoms with Crippen LogP contribution in [0.25, 0.3) is 0 Å². The molecule has 0 amide bonds. The molecule has 1 saturated heterocycles. The fourth-order valence-corrected chi connectivity index (χ4v) is 2.51. The lowest BCUT2D eigenvalue weighted by Crippen LogP contribution is -2.45. The monoisotopic (exact) mass is 250 g/mol. The second kappa shape index (κ2) is 5.48. The molecule has 1 aromatic carbocycles. The Kier molecular flexibility index (Phi) is 3.97. The number of rotatable bonds is 3. The van der Waals surface area contributed by atoms with Crippen LogP contribution in [-0.4, -0.2) is 44.4 Å². The molecule has 18 heavy (non-hydrogen) atoms. The second-order valence-corrected chi connectivity index (χ2v) is 5.00. The Hall–Kier alpha value is -1.42. The summed E-state index contributed by atoms with van der Waals surface area (Å²) >= 11 is 0. The molecular weight excluding hydrogens is 231 g/mol. The minimum atomic E-state index is -0.436. The average molecular weight is 250 g/mol. The van der Waals surface area contributed by atoms with Crippen LogP contribution in [0, 0.1) is 5.82 Å². The SMILES string of the molecule is CN(C)C1CCCN(c2cccc(F)c2C=O)C1. The first-order valence-electron chi connectivity index (χ1n) is 6.28. The molecule has 1 fully saturated rings. The van der Waals surface area contributed by atoms with E-state index in [1.54, 1.807) is 6.07 Å². The summed E-state index contributed by atoms with van der Waals surface area (Å²) in [6.45, 7) is 1.73. The van der Waals surface area contributed by atoms with Crippen LogP contribution in [0.2, 0.25) is 0 Å². The highest BCUT2D eigenvalue weighted by atomic mass is 19.1. The maximum atomic E-state index is 13.6. The van der Waals surface area contributed by atoms with Gasteiger partial charge in [-0.1, -0.05) is 6.07 Å². The van der Waals surface area contributed by atoms with Gasteiger partial charge in [0.15, 0.2) is 6.29 Å². The molecule has 0 bridgehead atoms. The van der Waals surface area contributed by atoms with Crippen LogP contribution < -0.4 is 4.90 Å². The number of halogens is 1. The topological polar surface area (TPSA) is 23.6 Å². The maximum absolute atomic E-state index is 13.6. The first-order valence-corrected chi connectivity index (χ1v) is 6.28. The Labute approximate surface area is 107 Å². The minimum absolute atomic E-state index is 0.178. The van der Waals surface area contributed by atoms with E-state index in [4.69, 9.17) is 0 Å². The van der Waals surface area contributed by atoms with E-state index in [2.05, 4.69) is 23.9 Å². The van der Waals surface area contributed by atoms with Crippen molar-refractivity contribution in [3.63, 3.8) is 0 Å². The van der Waals surface area contributed by atoms with Crippen molar-refractivity contribution >= 4 is 12.0 Å². The fraction of sp³-hybridized carbons (Fsp3) is 0.500. The highest BCUT2D eigenvalue weighted by molar-refractivity contribution is 5.85. The fourth-order valence-electron chi connectivity index (χ4n) is 2.51. The Morgan fingerprint density at radius 2 is 2.22 bits per heavy atom. The largest absolute Gasteiger partial charge is 0.369 e. The third kappa shape index (κ3) is 2.53. The van der Waals surface area contributed by atoms with E-state index in [9.17, 15) is 9.18 Å². The predicted molar refractivity (Wildman–Crippen MR) is 70.7 cm³/mol. The number of likely N-dealkylation sites (N-methyl/N-ethyl adjacent to an activating group) is 1. The van der Waals surface area contributed by atoms with Crippen molar-refractivity contribution in [1.82, 2.24) is 4.90 Å². The summed E-state index contributed by atoms with van der Waals surface area (Å²) in [6, 6.07) is 5.28. The molecule has 1 aromatic rings. The highest BCUT2D eigenvalue weighted by Crippen LogP contribution is 2.26. The van der Waals surface area contributed by atoms with Gasteiger partial charge in [-0.25, -0.2) is 4.39 Å². The molecule has 1 heterocycles. The third-order valence-electron chi connectivity index (χ3n) is 3.62. The van der Waals surface area contributed by atoms with Gasteiger partial charge in [0.2, 0.25) is 0 Å². The van der Waals surface area contributed by atoms with Crippen molar-refractivity contribution in [2.24, 2.45) is 0 Å². The molecule has 0 N–H and O–H groups in total. The minimum Gasteiger partial charge on any atom is -0.369 e. The van der Waals surface area contributed by atoms with Crippen molar-refractivity contribution in [2.45, 2.75) is 18.9 Å². The van der Waals surface area contributed by atoms with Crippen LogP contribution in [0.15, 0.2) is 18.2 Å². The van der Waals surface area contributed by atoms with E-state index in [0.717, 1.165) is 31.6 Å². The van der Waals surface area contributed by atoms with Crippen molar-refractivity contribution in [3.05, 3.63) is 29.6 Å². The summed E-state index contributed by atoms with van der Waals surface area (Å²) in [5.74, 6) is -0.436. The molecule has 98 valence electrons. The van der Waals surface area contributed by atoms with E-state index >= 15 is 0 Å². The first-order chi connectivity index (χ1) is 8.63. The number of carbonyl (C=O) groups excluding carboxylic acids is 1. The van der Waals surface area contributed by atoms with Crippen LogP contribution in [0.5, 0.6) is 0 Å². The summed E-state index contributed by atoms with van der Waals surface area (Å²) in [5, 5.41) is 0. The Balaban J connectivity index is 2.26. The average Bonchev–Trinajstić information content (AvgIpc) is 2.38. The number of carbonyl (C=O) groups is 1. The number of aldehydes is 1. The first kappa shape index (κ1) is 13.0. The lowest BCUT2D eigenvalue weighted by atomic mass is 10.0. The highest BCUT2D eigenvalue weighted by Gasteiger charge is 2.23. The van der Waals surface area contributed by atoms with Crippen molar-refractivity contribution < 1.29 is 9.18 Å². The van der Waals surface area contributed by atoms with Gasteiger partial charge in [0.25, 0.3) is 0 Å². The van der Waals surface area contributed by atoms with Gasteiger partial charge < -0.3 is 9.80 Å². The van der Waals surface area contributed by atoms with E-state index in [-0.39, 0.29) is 5.56 Å². The van der Waals surface area contributed by atoms with Gasteiger partial charge in [-0.3, -0.25) is 4.79 Å². The molecule has 1 aliphatic rings. The lowest BCUT2D eigenvalue weighted by molar-refractivity contribution is 0.112. The molecular formula is C14H19FN2O. The molecule has 1 unspecified atom stereocenters. The zero-order valence-corrected chi connectivity index (χ0v) is 10.9. The zero-order chi connectivity index (χ0) is 13.1. The summed E-state index contributed by atoms with van der Waals surface area (Å²) in [5.41, 5.74) is 0.897. The number of anilines is 1. The van der Waals surface area contributed by atoms with Gasteiger partial charge in [-0.05, 0) is 39.1 Å². The molecule has 3 nitrogen and oxygen atoms in total. The molecule has 4 heteroatoms. The van der Waals surface area contributed by atoms with Gasteiger partial charge in [-0.15, -0.1) is 0 Å². The Morgan fingerprint density at radius 1 is 1.44 bits per heavy atom. The van der Waals surface area contributed by atoms with Gasteiger partial charge in [-0.2, -0.15) is 0 Å². The van der Waals surface area contributed by atoms with E-state index in [1.165, 1.54) is 6.07 Å². The number of benzene rings is 1. The van der Waals surface area contributed by atoms with Crippen molar-refractivity contribution in [3.8, 4) is 0 Å². The van der Waals surface area contributed by atoms with E-state index in [1.807, 2.05) is 6.07 Å². The molecule has 0 radical (unpaired) electrons. The number of piperidine rings is 1. The van der Waals surface area contributed by atoms with E-state index in [0.29, 0.717) is 12.3 Å². The zero-order valence-electron chi connectivity index (χ0n) is 10.9. The standard InChI is InChI=1S/C14H19FN2O/c1-16(2)11-5-4-8-17(9-11)14-7-3-6-13(15)12(14)10-18/h3,6-7,10-11H,4-5,8-9H2,1-2H3. The number of nitrogens with zero attached hydrogens (tertiary/aromatic N) is 2. The van der Waals surface area contributed by atoms with Crippen LogP contribution in [0.3, 0.4) is 0 Å². The van der Waals surface area contributed by atoms with Crippen LogP contribution in [0.1, 0.15) is 23.2 Å². The molecule has 0 saturated carbocycles. The summed E-state index contributed by atoms with van der Waals surface area (Å²) in [7, 11) is 4.11. The van der Waals surface area contributed by atoms with E-state index < -0.39 is 5.82 Å². The van der Waals surface area contributed by atoms with Crippen molar-refractivity contribution in [1.29, 1.82) is 0 Å². The van der Waals surface area contributed by atoms with Gasteiger partial charge >= 0.3 is 0 Å². The summed E-state index contributed by atoms with van der Waals surface area (Å²) in [6.07, 6.45) is 2.83. The Morgan fingerprint density at radius 3 is 2.89 bits per heavy atom. The molecule has 2 rings (SSSR count). The lowest BCUT2D eigenvalue weighted by Gasteiger charge is -2.38. The normalized spacial score (nSPS) is 20.2. The van der Waals surface area contributed by atoms with Crippen molar-refractivity contribution in [2.75, 3.05) is 32.1 Å². The molecule has 1 aliphatic heterocycles. The third-order valence-corrected chi connectivity index (χ3v) is 3.62. The number of hydrogen-bond donors (Lipinski definition) is 0. The van der Waals surface area contributed by atoms with Crippen LogP contribution in [-0.2, 0) is 0 Å². The van der Waals surface area contributed by atoms with Crippen LogP contribution >= 0.6 is 0 Å². The number of hydrogen-bond acceptors (Lipinski definition) is 3. The van der Waals surface area contributed by atoms with Gasteiger partial charge in [0.1, 0.15) is 5.82 Å². The Bertz CT molecular complexity index is 434. The van der Waals surface area contributed by atoms with Crippen LogP contribution in [0.4, 0.5) is 10.1 Å². The quantitative estimate of drug-likeness (QED) is 0.768. The van der Waals surface area contributed by atoms with Gasteiger partial charge in [0.05, 0.1) is 11.3 Å². The maximum Gasteiger partial charge on any atom is 0.155 e. The second-order valence-electron chi connectivity index (χ2n) is 5.00.